The SMILES string of the molecule is CCCCCSCc1c(C(=O)O)sc2ccccc12. The van der Waals surface area contributed by atoms with E-state index in [4.69, 9.17) is 0 Å². The quantitative estimate of drug-likeness (QED) is 0.728. The normalized spacial score (nSPS) is 11.0. The standard InChI is InChI=1S/C15H18O2S2/c1-2-3-6-9-18-10-12-11-7-4-5-8-13(11)19-14(12)15(16)17/h4-5,7-8H,2-3,6,9-10H2,1H3,(H,16,17). The first-order valence-corrected chi connectivity index (χ1v) is 8.52. The molecule has 0 aliphatic rings. The van der Waals surface area contributed by atoms with Gasteiger partial charge in [0, 0.05) is 10.5 Å². The summed E-state index contributed by atoms with van der Waals surface area (Å²) in [5.41, 5.74) is 0.995. The Morgan fingerprint density at radius 2 is 2.11 bits per heavy atom. The van der Waals surface area contributed by atoms with Crippen LogP contribution in [0.2, 0.25) is 0 Å². The fourth-order valence-corrected chi connectivity index (χ4v) is 4.25. The molecule has 0 fully saturated rings. The van der Waals surface area contributed by atoms with Crippen LogP contribution >= 0.6 is 23.1 Å². The third kappa shape index (κ3) is 3.51. The van der Waals surface area contributed by atoms with E-state index in [-0.39, 0.29) is 0 Å². The predicted molar refractivity (Wildman–Crippen MR) is 84.5 cm³/mol. The molecule has 19 heavy (non-hydrogen) atoms. The molecule has 2 aromatic rings. The van der Waals surface area contributed by atoms with Crippen molar-refractivity contribution in [2.24, 2.45) is 0 Å². The lowest BCUT2D eigenvalue weighted by molar-refractivity contribution is 0.0701. The van der Waals surface area contributed by atoms with E-state index in [0.717, 1.165) is 27.2 Å². The summed E-state index contributed by atoms with van der Waals surface area (Å²) in [6.45, 7) is 2.19. The van der Waals surface area contributed by atoms with E-state index >= 15 is 0 Å². The van der Waals surface area contributed by atoms with Gasteiger partial charge >= 0.3 is 5.97 Å². The average molecular weight is 294 g/mol. The molecule has 1 aromatic heterocycles. The van der Waals surface area contributed by atoms with Crippen LogP contribution < -0.4 is 0 Å². The fraction of sp³-hybridized carbons (Fsp3) is 0.400. The number of unbranched alkanes of at least 4 members (excludes halogenated alkanes) is 2. The number of carbonyl (C=O) groups is 1. The molecule has 0 atom stereocenters. The first kappa shape index (κ1) is 14.4. The van der Waals surface area contributed by atoms with Crippen LogP contribution in [0.25, 0.3) is 10.1 Å². The van der Waals surface area contributed by atoms with Crippen molar-refractivity contribution in [3.05, 3.63) is 34.7 Å². The highest BCUT2D eigenvalue weighted by atomic mass is 32.2. The molecule has 0 unspecified atom stereocenters. The van der Waals surface area contributed by atoms with Crippen molar-refractivity contribution in [1.82, 2.24) is 0 Å². The second-order valence-electron chi connectivity index (χ2n) is 4.47. The molecular formula is C15H18O2S2. The molecule has 0 spiro atoms. The number of hydrogen-bond acceptors (Lipinski definition) is 3. The highest BCUT2D eigenvalue weighted by Gasteiger charge is 2.16. The summed E-state index contributed by atoms with van der Waals surface area (Å²) < 4.78 is 1.07. The van der Waals surface area contributed by atoms with Gasteiger partial charge in [0.1, 0.15) is 4.88 Å². The minimum atomic E-state index is -0.801. The Kier molecular flexibility index (Phi) is 5.28. The molecule has 0 aliphatic carbocycles. The summed E-state index contributed by atoms with van der Waals surface area (Å²) in [6, 6.07) is 7.96. The van der Waals surface area contributed by atoms with Crippen molar-refractivity contribution in [2.75, 3.05) is 5.75 Å². The maximum atomic E-state index is 11.3. The van der Waals surface area contributed by atoms with Crippen molar-refractivity contribution in [2.45, 2.75) is 31.9 Å². The molecule has 2 rings (SSSR count). The van der Waals surface area contributed by atoms with Gasteiger partial charge in [0.15, 0.2) is 0 Å². The van der Waals surface area contributed by atoms with E-state index in [0.29, 0.717) is 4.88 Å². The van der Waals surface area contributed by atoms with Gasteiger partial charge in [0.2, 0.25) is 0 Å². The molecule has 1 heterocycles. The van der Waals surface area contributed by atoms with Gasteiger partial charge in [-0.2, -0.15) is 11.8 Å². The molecule has 102 valence electrons. The zero-order valence-corrected chi connectivity index (χ0v) is 12.6. The van der Waals surface area contributed by atoms with Crippen LogP contribution in [0.4, 0.5) is 0 Å². The molecular weight excluding hydrogens is 276 g/mol. The lowest BCUT2D eigenvalue weighted by atomic mass is 10.1. The second kappa shape index (κ2) is 6.96. The molecule has 1 N–H and O–H groups in total. The number of carboxylic acid groups (broad SMARTS) is 1. The van der Waals surface area contributed by atoms with Gasteiger partial charge in [-0.05, 0) is 29.2 Å². The van der Waals surface area contributed by atoms with E-state index in [1.54, 1.807) is 0 Å². The van der Waals surface area contributed by atoms with Crippen molar-refractivity contribution in [3.8, 4) is 0 Å². The molecule has 0 amide bonds. The first-order valence-electron chi connectivity index (χ1n) is 6.55. The highest BCUT2D eigenvalue weighted by Crippen LogP contribution is 2.34. The molecule has 0 saturated carbocycles. The van der Waals surface area contributed by atoms with Crippen LogP contribution in [-0.4, -0.2) is 16.8 Å². The number of thiophene rings is 1. The minimum absolute atomic E-state index is 0.504. The second-order valence-corrected chi connectivity index (χ2v) is 6.63. The van der Waals surface area contributed by atoms with Crippen molar-refractivity contribution in [1.29, 1.82) is 0 Å². The topological polar surface area (TPSA) is 37.3 Å². The molecule has 4 heteroatoms. The van der Waals surface area contributed by atoms with Gasteiger partial charge in [-0.3, -0.25) is 0 Å². The van der Waals surface area contributed by atoms with Crippen molar-refractivity contribution >= 4 is 39.2 Å². The summed E-state index contributed by atoms with van der Waals surface area (Å²) >= 11 is 3.23. The fourth-order valence-electron chi connectivity index (χ4n) is 2.04. The maximum absolute atomic E-state index is 11.3. The number of aromatic carboxylic acids is 1. The third-order valence-electron chi connectivity index (χ3n) is 3.03. The monoisotopic (exact) mass is 294 g/mol. The van der Waals surface area contributed by atoms with Gasteiger partial charge in [-0.1, -0.05) is 38.0 Å². The van der Waals surface area contributed by atoms with Crippen LogP contribution in [-0.2, 0) is 5.75 Å². The van der Waals surface area contributed by atoms with E-state index in [2.05, 4.69) is 6.92 Å². The largest absolute Gasteiger partial charge is 0.477 e. The molecule has 2 nitrogen and oxygen atoms in total. The van der Waals surface area contributed by atoms with Gasteiger partial charge in [0.05, 0.1) is 0 Å². The number of fused-ring (bicyclic) bond motifs is 1. The van der Waals surface area contributed by atoms with Crippen LogP contribution in [0.3, 0.4) is 0 Å². The van der Waals surface area contributed by atoms with E-state index in [1.165, 1.54) is 30.6 Å². The Hall–Kier alpha value is -1.00. The molecule has 0 saturated heterocycles. The molecule has 0 radical (unpaired) electrons. The Morgan fingerprint density at radius 1 is 1.32 bits per heavy atom. The minimum Gasteiger partial charge on any atom is -0.477 e. The number of rotatable bonds is 7. The van der Waals surface area contributed by atoms with Crippen LogP contribution in [0.1, 0.15) is 41.4 Å². The smallest absolute Gasteiger partial charge is 0.346 e. The lowest BCUT2D eigenvalue weighted by Crippen LogP contribution is -1.97. The van der Waals surface area contributed by atoms with Crippen molar-refractivity contribution in [3.63, 3.8) is 0 Å². The van der Waals surface area contributed by atoms with E-state index < -0.39 is 5.97 Å². The maximum Gasteiger partial charge on any atom is 0.346 e. The first-order chi connectivity index (χ1) is 9.24. The Bertz CT molecular complexity index is 560. The summed E-state index contributed by atoms with van der Waals surface area (Å²) in [7, 11) is 0. The molecule has 1 aromatic carbocycles. The molecule has 0 aliphatic heterocycles. The summed E-state index contributed by atoms with van der Waals surface area (Å²) in [5.74, 6) is 1.11. The number of thioether (sulfide) groups is 1. The lowest BCUT2D eigenvalue weighted by Gasteiger charge is -2.02. The van der Waals surface area contributed by atoms with Crippen molar-refractivity contribution < 1.29 is 9.90 Å². The van der Waals surface area contributed by atoms with Crippen LogP contribution in [0.15, 0.2) is 24.3 Å². The highest BCUT2D eigenvalue weighted by molar-refractivity contribution is 7.98. The summed E-state index contributed by atoms with van der Waals surface area (Å²) in [4.78, 5) is 11.8. The zero-order valence-electron chi connectivity index (χ0n) is 11.0. The number of benzene rings is 1. The van der Waals surface area contributed by atoms with Gasteiger partial charge in [0.25, 0.3) is 0 Å². The van der Waals surface area contributed by atoms with Gasteiger partial charge < -0.3 is 5.11 Å². The van der Waals surface area contributed by atoms with Gasteiger partial charge in [-0.25, -0.2) is 4.79 Å². The molecule has 0 bridgehead atoms. The Morgan fingerprint density at radius 3 is 2.84 bits per heavy atom. The van der Waals surface area contributed by atoms with E-state index in [1.807, 2.05) is 36.0 Å². The van der Waals surface area contributed by atoms with Crippen LogP contribution in [0, 0.1) is 0 Å². The number of hydrogen-bond donors (Lipinski definition) is 1. The van der Waals surface area contributed by atoms with E-state index in [9.17, 15) is 9.90 Å². The van der Waals surface area contributed by atoms with Gasteiger partial charge in [-0.15, -0.1) is 11.3 Å². The predicted octanol–water partition coefficient (Wildman–Crippen LogP) is 5.02. The summed E-state index contributed by atoms with van der Waals surface area (Å²) in [6.07, 6.45) is 3.69. The zero-order chi connectivity index (χ0) is 13.7. The Labute approximate surface area is 121 Å². The summed E-state index contributed by atoms with van der Waals surface area (Å²) in [5, 5.41) is 10.4. The average Bonchev–Trinajstić information content (AvgIpc) is 2.78. The Balaban J connectivity index is 2.15. The van der Waals surface area contributed by atoms with Crippen LogP contribution in [0.5, 0.6) is 0 Å². The number of carboxylic acids is 1. The third-order valence-corrected chi connectivity index (χ3v) is 5.30.